The van der Waals surface area contributed by atoms with Crippen LogP contribution < -0.4 is 9.13 Å². The molecule has 3 aromatic carbocycles. The van der Waals surface area contributed by atoms with Gasteiger partial charge in [-0.25, -0.2) is 0 Å². The van der Waals surface area contributed by atoms with Crippen LogP contribution in [-0.4, -0.2) is 4.98 Å². The second-order valence-electron chi connectivity index (χ2n) is 9.98. The van der Waals surface area contributed by atoms with E-state index < -0.39 is 0 Å². The van der Waals surface area contributed by atoms with E-state index in [1.807, 2.05) is 12.4 Å². The first kappa shape index (κ1) is 21.3. The number of aromatic nitrogens is 3. The van der Waals surface area contributed by atoms with Crippen molar-refractivity contribution in [2.24, 2.45) is 0 Å². The van der Waals surface area contributed by atoms with Crippen LogP contribution in [0.15, 0.2) is 79.1 Å². The molecule has 0 bridgehead atoms. The predicted octanol–water partition coefficient (Wildman–Crippen LogP) is 6.16. The van der Waals surface area contributed by atoms with Gasteiger partial charge in [0.25, 0.3) is 6.33 Å². The standard InChI is InChI=1S/C30H31N3/c1-20-15-16-23-11-7-10-14-27(23)33(20)29-18-24(30(4,5)6)17-28(21(29)2)32-19-31-26-13-9-8-12-25(26)22(32)3/h7-19H,1-6H3/q+2. The quantitative estimate of drug-likeness (QED) is 0.305. The average Bonchev–Trinajstić information content (AvgIpc) is 2.80. The van der Waals surface area contributed by atoms with Gasteiger partial charge in [0.1, 0.15) is 11.4 Å². The SMILES string of the molecule is Cc1c(-[n+]2cnc3ccccc3c2C)cc(C(C)(C)C)cc1-[n+]1c(C)ccc2ccccc21. The zero-order chi connectivity index (χ0) is 23.3. The third-order valence-corrected chi connectivity index (χ3v) is 6.72. The first-order chi connectivity index (χ1) is 15.8. The molecule has 3 heteroatoms. The van der Waals surface area contributed by atoms with Crippen LogP contribution in [0.2, 0.25) is 0 Å². The van der Waals surface area contributed by atoms with Crippen LogP contribution in [0.5, 0.6) is 0 Å². The highest BCUT2D eigenvalue weighted by molar-refractivity contribution is 5.79. The van der Waals surface area contributed by atoms with Crippen molar-refractivity contribution < 1.29 is 9.13 Å². The molecular weight excluding hydrogens is 402 g/mol. The Balaban J connectivity index is 1.88. The molecule has 0 N–H and O–H groups in total. The van der Waals surface area contributed by atoms with Gasteiger partial charge in [-0.15, -0.1) is 0 Å². The maximum absolute atomic E-state index is 4.78. The van der Waals surface area contributed by atoms with Gasteiger partial charge in [-0.3, -0.25) is 0 Å². The Morgan fingerprint density at radius 1 is 0.758 bits per heavy atom. The third kappa shape index (κ3) is 3.58. The van der Waals surface area contributed by atoms with Crippen LogP contribution in [0.1, 0.15) is 43.3 Å². The van der Waals surface area contributed by atoms with Crippen molar-refractivity contribution in [2.75, 3.05) is 0 Å². The van der Waals surface area contributed by atoms with E-state index in [1.54, 1.807) is 0 Å². The Morgan fingerprint density at radius 3 is 2.24 bits per heavy atom. The first-order valence-corrected chi connectivity index (χ1v) is 11.6. The highest BCUT2D eigenvalue weighted by atomic mass is 15.0. The fourth-order valence-corrected chi connectivity index (χ4v) is 4.70. The van der Waals surface area contributed by atoms with Crippen LogP contribution in [0.25, 0.3) is 33.2 Å². The van der Waals surface area contributed by atoms with Crippen molar-refractivity contribution in [2.45, 2.75) is 47.0 Å². The van der Waals surface area contributed by atoms with Crippen LogP contribution >= 0.6 is 0 Å². The van der Waals surface area contributed by atoms with Gasteiger partial charge in [-0.05, 0) is 60.1 Å². The topological polar surface area (TPSA) is 20.6 Å². The number of pyridine rings is 1. The lowest BCUT2D eigenvalue weighted by Crippen LogP contribution is -2.41. The van der Waals surface area contributed by atoms with Gasteiger partial charge < -0.3 is 0 Å². The van der Waals surface area contributed by atoms with E-state index in [9.17, 15) is 0 Å². The van der Waals surface area contributed by atoms with Crippen molar-refractivity contribution in [3.8, 4) is 11.4 Å². The number of fused-ring (bicyclic) bond motifs is 2. The molecule has 33 heavy (non-hydrogen) atoms. The van der Waals surface area contributed by atoms with Gasteiger partial charge in [0.05, 0.1) is 10.9 Å². The van der Waals surface area contributed by atoms with Gasteiger partial charge >= 0.3 is 0 Å². The monoisotopic (exact) mass is 433 g/mol. The average molecular weight is 434 g/mol. The minimum atomic E-state index is 0.00892. The molecule has 0 saturated heterocycles. The highest BCUT2D eigenvalue weighted by Gasteiger charge is 2.27. The minimum absolute atomic E-state index is 0.00892. The molecule has 0 aliphatic heterocycles. The summed E-state index contributed by atoms with van der Waals surface area (Å²) in [6, 6.07) is 26.1. The van der Waals surface area contributed by atoms with E-state index in [-0.39, 0.29) is 5.41 Å². The molecule has 164 valence electrons. The van der Waals surface area contributed by atoms with E-state index in [0.717, 1.165) is 5.52 Å². The number of benzene rings is 3. The van der Waals surface area contributed by atoms with Crippen molar-refractivity contribution in [3.63, 3.8) is 0 Å². The molecule has 2 heterocycles. The molecule has 0 atom stereocenters. The van der Waals surface area contributed by atoms with Gasteiger partial charge in [-0.2, -0.15) is 9.13 Å². The lowest BCUT2D eigenvalue weighted by Gasteiger charge is -2.21. The molecular formula is C30H31N3+2. The normalized spacial score (nSPS) is 11.9. The molecule has 0 fully saturated rings. The second kappa shape index (κ2) is 7.77. The van der Waals surface area contributed by atoms with Crippen LogP contribution in [0.3, 0.4) is 0 Å². The van der Waals surface area contributed by atoms with E-state index in [2.05, 4.69) is 117 Å². The zero-order valence-corrected chi connectivity index (χ0v) is 20.3. The predicted molar refractivity (Wildman–Crippen MR) is 135 cm³/mol. The largest absolute Gasteiger partial charge is 0.292 e. The van der Waals surface area contributed by atoms with Gasteiger partial charge in [-0.1, -0.05) is 45.0 Å². The van der Waals surface area contributed by atoms with Crippen molar-refractivity contribution >= 4 is 21.8 Å². The maximum Gasteiger partial charge on any atom is 0.292 e. The lowest BCUT2D eigenvalue weighted by atomic mass is 9.85. The van der Waals surface area contributed by atoms with Crippen LogP contribution in [0, 0.1) is 20.8 Å². The third-order valence-electron chi connectivity index (χ3n) is 6.72. The van der Waals surface area contributed by atoms with Gasteiger partial charge in [0.2, 0.25) is 11.2 Å². The Morgan fingerprint density at radius 2 is 1.45 bits per heavy atom. The van der Waals surface area contributed by atoms with Crippen molar-refractivity contribution in [1.29, 1.82) is 0 Å². The molecule has 0 aliphatic rings. The van der Waals surface area contributed by atoms with Crippen molar-refractivity contribution in [3.05, 3.63) is 102 Å². The lowest BCUT2D eigenvalue weighted by molar-refractivity contribution is -0.607. The number of para-hydroxylation sites is 2. The number of hydrogen-bond acceptors (Lipinski definition) is 1. The Hall–Kier alpha value is -3.59. The van der Waals surface area contributed by atoms with Gasteiger partial charge in [0, 0.05) is 30.5 Å². The smallest absolute Gasteiger partial charge is 0.199 e. The Bertz CT molecular complexity index is 1520. The Labute approximate surface area is 196 Å². The number of aryl methyl sites for hydroxylation is 2. The van der Waals surface area contributed by atoms with Crippen LogP contribution in [0.4, 0.5) is 0 Å². The summed E-state index contributed by atoms with van der Waals surface area (Å²) in [6.07, 6.45) is 1.97. The van der Waals surface area contributed by atoms with E-state index in [0.29, 0.717) is 0 Å². The molecule has 5 rings (SSSR count). The summed E-state index contributed by atoms with van der Waals surface area (Å²) in [7, 11) is 0. The maximum atomic E-state index is 4.78. The molecule has 2 aromatic heterocycles. The summed E-state index contributed by atoms with van der Waals surface area (Å²) < 4.78 is 4.64. The van der Waals surface area contributed by atoms with E-state index in [4.69, 9.17) is 4.98 Å². The number of rotatable bonds is 2. The molecule has 0 saturated carbocycles. The molecule has 3 nitrogen and oxygen atoms in total. The molecule has 0 radical (unpaired) electrons. The summed E-state index contributed by atoms with van der Waals surface area (Å²) in [6.45, 7) is 13.4. The Kier molecular flexibility index (Phi) is 5.01. The summed E-state index contributed by atoms with van der Waals surface area (Å²) in [5.41, 5.74) is 9.59. The summed E-state index contributed by atoms with van der Waals surface area (Å²) in [5, 5.41) is 2.41. The highest BCUT2D eigenvalue weighted by Crippen LogP contribution is 2.29. The summed E-state index contributed by atoms with van der Waals surface area (Å²) in [5.74, 6) is 0. The summed E-state index contributed by atoms with van der Waals surface area (Å²) in [4.78, 5) is 4.78. The number of nitrogens with zero attached hydrogens (tertiary/aromatic N) is 3. The minimum Gasteiger partial charge on any atom is -0.199 e. The molecule has 0 aliphatic carbocycles. The summed E-state index contributed by atoms with van der Waals surface area (Å²) >= 11 is 0. The van der Waals surface area contributed by atoms with Gasteiger partial charge in [0.15, 0.2) is 11.2 Å². The van der Waals surface area contributed by atoms with Crippen LogP contribution in [-0.2, 0) is 5.41 Å². The van der Waals surface area contributed by atoms with E-state index in [1.165, 1.54) is 50.2 Å². The van der Waals surface area contributed by atoms with E-state index >= 15 is 0 Å². The molecule has 5 aromatic rings. The second-order valence-corrected chi connectivity index (χ2v) is 9.98. The fraction of sp³-hybridized carbons (Fsp3) is 0.233. The fourth-order valence-electron chi connectivity index (χ4n) is 4.70. The van der Waals surface area contributed by atoms with Crippen molar-refractivity contribution in [1.82, 2.24) is 4.98 Å². The molecule has 0 unspecified atom stereocenters. The number of hydrogen-bond donors (Lipinski definition) is 0. The molecule has 0 amide bonds. The zero-order valence-electron chi connectivity index (χ0n) is 20.3. The first-order valence-electron chi connectivity index (χ1n) is 11.6. The molecule has 0 spiro atoms.